The molecule has 0 amide bonds. The summed E-state index contributed by atoms with van der Waals surface area (Å²) in [5.74, 6) is 0. The van der Waals surface area contributed by atoms with Crippen molar-refractivity contribution in [1.82, 2.24) is 0 Å². The van der Waals surface area contributed by atoms with Gasteiger partial charge in [0.2, 0.25) is 0 Å². The molecule has 0 N–H and O–H groups in total. The first-order valence-corrected chi connectivity index (χ1v) is 3.63. The molecule has 0 aromatic carbocycles. The van der Waals surface area contributed by atoms with Gasteiger partial charge in [0, 0.05) is 0 Å². The third kappa shape index (κ3) is 2.65. The lowest BCUT2D eigenvalue weighted by molar-refractivity contribution is -0.919. The first-order chi connectivity index (χ1) is 3.81. The normalized spacial score (nSPS) is 12.6. The average Bonchev–Trinajstić information content (AvgIpc) is 1.64. The summed E-state index contributed by atoms with van der Waals surface area (Å²) in [6.07, 6.45) is 1.23. The molecule has 0 aliphatic carbocycles. The largest absolute Gasteiger partial charge is 1.00 e. The van der Waals surface area contributed by atoms with Gasteiger partial charge < -0.3 is 9.19 Å². The first kappa shape index (κ1) is 12.6. The second-order valence-corrected chi connectivity index (χ2v) is 4.18. The van der Waals surface area contributed by atoms with Crippen molar-refractivity contribution >= 4 is 0 Å². The van der Waals surface area contributed by atoms with Crippen LogP contribution in [0.5, 0.6) is 0 Å². The van der Waals surface area contributed by atoms with Crippen molar-refractivity contribution < 1.29 is 9.19 Å². The van der Waals surface area contributed by atoms with Crippen LogP contribution in [0, 0.1) is 0 Å². The molecule has 10 heavy (non-hydrogen) atoms. The van der Waals surface area contributed by atoms with E-state index in [4.69, 9.17) is 0 Å². The molecule has 1 nitrogen and oxygen atoms in total. The van der Waals surface area contributed by atoms with Crippen LogP contribution in [0.2, 0.25) is 0 Å². The summed E-state index contributed by atoms with van der Waals surface area (Å²) in [6, 6.07) is 0. The Kier molecular flexibility index (Phi) is 4.18. The van der Waals surface area contributed by atoms with Gasteiger partial charge in [0.15, 0.2) is 0 Å². The molecule has 0 fully saturated rings. The molecular formula is C8H20FN. The molecule has 0 unspecified atom stereocenters. The highest BCUT2D eigenvalue weighted by molar-refractivity contribution is 4.64. The van der Waals surface area contributed by atoms with Crippen molar-refractivity contribution in [3.05, 3.63) is 0 Å². The Balaban J connectivity index is 0. The van der Waals surface area contributed by atoms with Gasteiger partial charge in [-0.3, -0.25) is 0 Å². The van der Waals surface area contributed by atoms with E-state index in [2.05, 4.69) is 41.9 Å². The lowest BCUT2D eigenvalue weighted by Crippen LogP contribution is -3.00. The summed E-state index contributed by atoms with van der Waals surface area (Å²) in [5.41, 5.74) is 0.417. The molecular weight excluding hydrogens is 129 g/mol. The zero-order valence-corrected chi connectivity index (χ0v) is 8.03. The zero-order chi connectivity index (χ0) is 7.71. The summed E-state index contributed by atoms with van der Waals surface area (Å²) < 4.78 is 1.05. The lowest BCUT2D eigenvalue weighted by atomic mass is 9.98. The third-order valence-electron chi connectivity index (χ3n) is 2.68. The van der Waals surface area contributed by atoms with Crippen LogP contribution < -0.4 is 4.70 Å². The molecule has 2 heteroatoms. The Morgan fingerprint density at radius 3 is 1.40 bits per heavy atom. The molecule has 0 rings (SSSR count). The number of halogens is 1. The van der Waals surface area contributed by atoms with E-state index in [1.54, 1.807) is 0 Å². The van der Waals surface area contributed by atoms with Gasteiger partial charge in [-0.25, -0.2) is 0 Å². The van der Waals surface area contributed by atoms with Gasteiger partial charge >= 0.3 is 0 Å². The van der Waals surface area contributed by atoms with Gasteiger partial charge in [0.25, 0.3) is 0 Å². The quantitative estimate of drug-likeness (QED) is 0.437. The molecule has 0 heterocycles. The van der Waals surface area contributed by atoms with Crippen LogP contribution in [0.4, 0.5) is 0 Å². The molecule has 0 bridgehead atoms. The van der Waals surface area contributed by atoms with Gasteiger partial charge in [-0.2, -0.15) is 0 Å². The molecule has 0 saturated carbocycles. The Labute approximate surface area is 64.0 Å². The Morgan fingerprint density at radius 2 is 1.40 bits per heavy atom. The second kappa shape index (κ2) is 3.33. The Morgan fingerprint density at radius 1 is 1.10 bits per heavy atom. The van der Waals surface area contributed by atoms with Crippen molar-refractivity contribution in [1.29, 1.82) is 0 Å². The maximum atomic E-state index is 2.30. The van der Waals surface area contributed by atoms with Crippen LogP contribution in [0.1, 0.15) is 27.2 Å². The number of quaternary nitrogens is 1. The minimum absolute atomic E-state index is 0. The van der Waals surface area contributed by atoms with Crippen molar-refractivity contribution in [2.75, 3.05) is 21.1 Å². The fourth-order valence-electron chi connectivity index (χ4n) is 0.474. The predicted octanol–water partition coefficient (Wildman–Crippen LogP) is -1.11. The first-order valence-electron chi connectivity index (χ1n) is 3.63. The van der Waals surface area contributed by atoms with Crippen LogP contribution >= 0.6 is 0 Å². The minimum atomic E-state index is 0. The van der Waals surface area contributed by atoms with Crippen LogP contribution in [-0.4, -0.2) is 31.2 Å². The molecule has 0 aliphatic rings. The Hall–Kier alpha value is -0.110. The summed E-state index contributed by atoms with van der Waals surface area (Å²) in [5, 5.41) is 0. The standard InChI is InChI=1S/C8H20N.FH/c1-7-8(2,3)9(4,5)6;/h7H2,1-6H3;1H/q+1;/p-1. The summed E-state index contributed by atoms with van der Waals surface area (Å²) in [6.45, 7) is 6.84. The topological polar surface area (TPSA) is 0 Å². The van der Waals surface area contributed by atoms with E-state index >= 15 is 0 Å². The van der Waals surface area contributed by atoms with E-state index in [-0.39, 0.29) is 4.70 Å². The molecule has 0 atom stereocenters. The van der Waals surface area contributed by atoms with Gasteiger partial charge in [-0.1, -0.05) is 6.92 Å². The summed E-state index contributed by atoms with van der Waals surface area (Å²) >= 11 is 0. The fraction of sp³-hybridized carbons (Fsp3) is 1.00. The molecule has 0 aromatic heterocycles. The SMILES string of the molecule is CCC(C)(C)[N+](C)(C)C.[F-]. The van der Waals surface area contributed by atoms with Gasteiger partial charge in [-0.05, 0) is 20.3 Å². The summed E-state index contributed by atoms with van der Waals surface area (Å²) in [4.78, 5) is 0. The zero-order valence-electron chi connectivity index (χ0n) is 8.03. The van der Waals surface area contributed by atoms with Gasteiger partial charge in [0.05, 0.1) is 26.7 Å². The average molecular weight is 149 g/mol. The smallest absolute Gasteiger partial charge is 0.0926 e. The number of hydrogen-bond acceptors (Lipinski definition) is 0. The van der Waals surface area contributed by atoms with Crippen LogP contribution in [-0.2, 0) is 0 Å². The van der Waals surface area contributed by atoms with Crippen molar-refractivity contribution in [2.45, 2.75) is 32.7 Å². The van der Waals surface area contributed by atoms with E-state index in [9.17, 15) is 0 Å². The molecule has 0 radical (unpaired) electrons. The number of rotatable bonds is 2. The molecule has 0 aromatic rings. The minimum Gasteiger partial charge on any atom is -1.00 e. The highest BCUT2D eigenvalue weighted by Crippen LogP contribution is 2.20. The molecule has 0 aliphatic heterocycles. The third-order valence-corrected chi connectivity index (χ3v) is 2.68. The highest BCUT2D eigenvalue weighted by Gasteiger charge is 2.29. The predicted molar refractivity (Wildman–Crippen MR) is 42.4 cm³/mol. The molecule has 0 saturated heterocycles. The summed E-state index contributed by atoms with van der Waals surface area (Å²) in [7, 11) is 6.72. The maximum absolute atomic E-state index is 2.30. The van der Waals surface area contributed by atoms with Crippen molar-refractivity contribution in [3.63, 3.8) is 0 Å². The van der Waals surface area contributed by atoms with E-state index in [0.29, 0.717) is 5.54 Å². The van der Waals surface area contributed by atoms with Crippen molar-refractivity contribution in [3.8, 4) is 0 Å². The fourth-order valence-corrected chi connectivity index (χ4v) is 0.474. The van der Waals surface area contributed by atoms with Crippen LogP contribution in [0.15, 0.2) is 0 Å². The van der Waals surface area contributed by atoms with E-state index < -0.39 is 0 Å². The van der Waals surface area contributed by atoms with Crippen molar-refractivity contribution in [2.24, 2.45) is 0 Å². The monoisotopic (exact) mass is 149 g/mol. The van der Waals surface area contributed by atoms with Crippen LogP contribution in [0.3, 0.4) is 0 Å². The van der Waals surface area contributed by atoms with E-state index in [0.717, 1.165) is 4.48 Å². The lowest BCUT2D eigenvalue weighted by Gasteiger charge is -2.40. The van der Waals surface area contributed by atoms with E-state index in [1.807, 2.05) is 0 Å². The van der Waals surface area contributed by atoms with Gasteiger partial charge in [0.1, 0.15) is 0 Å². The van der Waals surface area contributed by atoms with Crippen LogP contribution in [0.25, 0.3) is 0 Å². The molecule has 0 spiro atoms. The maximum Gasteiger partial charge on any atom is 0.0926 e. The number of hydrogen-bond donors (Lipinski definition) is 0. The van der Waals surface area contributed by atoms with E-state index in [1.165, 1.54) is 6.42 Å². The number of nitrogens with zero attached hydrogens (tertiary/aromatic N) is 1. The van der Waals surface area contributed by atoms with Gasteiger partial charge in [-0.15, -0.1) is 0 Å². The molecule has 64 valence electrons. The highest BCUT2D eigenvalue weighted by atomic mass is 19.0. The Bertz CT molecular complexity index is 91.9. The second-order valence-electron chi connectivity index (χ2n) is 4.18.